The molecule has 25 heavy (non-hydrogen) atoms. The molecule has 2 aromatic rings. The first-order valence-electron chi connectivity index (χ1n) is 7.87. The zero-order chi connectivity index (χ0) is 18.1. The van der Waals surface area contributed by atoms with Crippen molar-refractivity contribution in [1.82, 2.24) is 9.88 Å². The molecule has 0 saturated carbocycles. The smallest absolute Gasteiger partial charge is 0.325 e. The number of rotatable bonds is 8. The summed E-state index contributed by atoms with van der Waals surface area (Å²) in [5.41, 5.74) is 0.449. The van der Waals surface area contributed by atoms with Crippen LogP contribution < -0.4 is 4.74 Å². The van der Waals surface area contributed by atoms with E-state index in [4.69, 9.17) is 9.47 Å². The minimum absolute atomic E-state index is 0.118. The Kier molecular flexibility index (Phi) is 6.71. The van der Waals surface area contributed by atoms with Gasteiger partial charge in [-0.1, -0.05) is 6.08 Å². The lowest BCUT2D eigenvalue weighted by molar-refractivity contribution is -0.143. The minimum atomic E-state index is -0.450. The number of aromatic nitrogens is 1. The summed E-state index contributed by atoms with van der Waals surface area (Å²) in [4.78, 5) is 29.6. The molecule has 6 heteroatoms. The summed E-state index contributed by atoms with van der Waals surface area (Å²) in [6.07, 6.45) is 4.83. The van der Waals surface area contributed by atoms with Gasteiger partial charge in [0.05, 0.1) is 12.8 Å². The average molecular weight is 340 g/mol. The predicted octanol–water partition coefficient (Wildman–Crippen LogP) is 3.07. The number of pyridine rings is 1. The third-order valence-electron chi connectivity index (χ3n) is 3.23. The van der Waals surface area contributed by atoms with E-state index in [-0.39, 0.29) is 25.6 Å². The van der Waals surface area contributed by atoms with Gasteiger partial charge in [-0.25, -0.2) is 0 Å². The highest BCUT2D eigenvalue weighted by molar-refractivity contribution is 5.96. The van der Waals surface area contributed by atoms with E-state index in [2.05, 4.69) is 11.6 Å². The lowest BCUT2D eigenvalue weighted by Gasteiger charge is -2.20. The number of hydrogen-bond acceptors (Lipinski definition) is 5. The van der Waals surface area contributed by atoms with Gasteiger partial charge < -0.3 is 14.4 Å². The highest BCUT2D eigenvalue weighted by Gasteiger charge is 2.18. The second kappa shape index (κ2) is 9.22. The fourth-order valence-corrected chi connectivity index (χ4v) is 2.13. The second-order valence-electron chi connectivity index (χ2n) is 5.09. The van der Waals surface area contributed by atoms with Crippen LogP contribution in [0.2, 0.25) is 0 Å². The molecular weight excluding hydrogens is 320 g/mol. The van der Waals surface area contributed by atoms with Gasteiger partial charge in [0.25, 0.3) is 5.91 Å². The average Bonchev–Trinajstić information content (AvgIpc) is 2.62. The number of carbonyl (C=O) groups is 2. The predicted molar refractivity (Wildman–Crippen MR) is 93.5 cm³/mol. The molecule has 1 amide bonds. The van der Waals surface area contributed by atoms with E-state index in [1.54, 1.807) is 61.8 Å². The fraction of sp³-hybridized carbons (Fsp3) is 0.211. The van der Waals surface area contributed by atoms with E-state index in [0.717, 1.165) is 0 Å². The Morgan fingerprint density at radius 1 is 1.20 bits per heavy atom. The van der Waals surface area contributed by atoms with Gasteiger partial charge in [0.1, 0.15) is 18.0 Å². The first kappa shape index (κ1) is 18.2. The summed E-state index contributed by atoms with van der Waals surface area (Å²) in [7, 11) is 0. The van der Waals surface area contributed by atoms with Crippen molar-refractivity contribution in [2.75, 3.05) is 19.7 Å². The molecular formula is C19H20N2O4. The van der Waals surface area contributed by atoms with Gasteiger partial charge in [-0.3, -0.25) is 14.6 Å². The van der Waals surface area contributed by atoms with Crippen molar-refractivity contribution >= 4 is 11.9 Å². The summed E-state index contributed by atoms with van der Waals surface area (Å²) >= 11 is 0. The maximum absolute atomic E-state index is 12.6. The van der Waals surface area contributed by atoms with Crippen molar-refractivity contribution < 1.29 is 19.1 Å². The molecule has 0 aliphatic rings. The van der Waals surface area contributed by atoms with E-state index in [0.29, 0.717) is 17.1 Å². The van der Waals surface area contributed by atoms with Gasteiger partial charge in [-0.05, 0) is 43.3 Å². The topological polar surface area (TPSA) is 68.7 Å². The number of ether oxygens (including phenoxy) is 2. The largest absolute Gasteiger partial charge is 0.465 e. The van der Waals surface area contributed by atoms with Crippen LogP contribution in [0.25, 0.3) is 0 Å². The molecule has 6 nitrogen and oxygen atoms in total. The molecule has 0 radical (unpaired) electrons. The highest BCUT2D eigenvalue weighted by atomic mass is 16.5. The van der Waals surface area contributed by atoms with Crippen LogP contribution in [0.4, 0.5) is 0 Å². The molecule has 0 unspecified atom stereocenters. The maximum Gasteiger partial charge on any atom is 0.325 e. The second-order valence-corrected chi connectivity index (χ2v) is 5.09. The Morgan fingerprint density at radius 3 is 2.56 bits per heavy atom. The van der Waals surface area contributed by atoms with E-state index < -0.39 is 5.97 Å². The molecule has 1 aromatic heterocycles. The van der Waals surface area contributed by atoms with Crippen molar-refractivity contribution in [3.05, 3.63) is 67.0 Å². The Balaban J connectivity index is 2.06. The Bertz CT molecular complexity index is 714. The lowest BCUT2D eigenvalue weighted by Crippen LogP contribution is -2.36. The summed E-state index contributed by atoms with van der Waals surface area (Å²) in [5, 5.41) is 0. The van der Waals surface area contributed by atoms with Crippen LogP contribution in [-0.4, -0.2) is 41.5 Å². The number of esters is 1. The molecule has 130 valence electrons. The molecule has 0 aliphatic carbocycles. The first-order valence-corrected chi connectivity index (χ1v) is 7.87. The van der Waals surface area contributed by atoms with Crippen LogP contribution in [0, 0.1) is 0 Å². The fourth-order valence-electron chi connectivity index (χ4n) is 2.13. The standard InChI is InChI=1S/C19H20N2O4/c1-3-12-21(14-18(22)24-4-2)19(23)15-7-9-16(10-8-15)25-17-6-5-11-20-13-17/h3,5-11,13H,1,4,12,14H2,2H3. The maximum atomic E-state index is 12.6. The van der Waals surface area contributed by atoms with E-state index >= 15 is 0 Å². The van der Waals surface area contributed by atoms with Gasteiger partial charge in [-0.2, -0.15) is 0 Å². The molecule has 1 heterocycles. The molecule has 0 N–H and O–H groups in total. The normalized spacial score (nSPS) is 9.96. The number of hydrogen-bond donors (Lipinski definition) is 0. The Morgan fingerprint density at radius 2 is 1.96 bits per heavy atom. The SMILES string of the molecule is C=CCN(CC(=O)OCC)C(=O)c1ccc(Oc2cccnc2)cc1. The van der Waals surface area contributed by atoms with Gasteiger partial charge in [0.2, 0.25) is 0 Å². The van der Waals surface area contributed by atoms with Crippen LogP contribution >= 0.6 is 0 Å². The van der Waals surface area contributed by atoms with Crippen molar-refractivity contribution in [3.8, 4) is 11.5 Å². The summed E-state index contributed by atoms with van der Waals surface area (Å²) in [6.45, 7) is 5.75. The van der Waals surface area contributed by atoms with Crippen LogP contribution in [0.15, 0.2) is 61.4 Å². The quantitative estimate of drug-likeness (QED) is 0.546. The van der Waals surface area contributed by atoms with Gasteiger partial charge in [-0.15, -0.1) is 6.58 Å². The summed E-state index contributed by atoms with van der Waals surface area (Å²) in [5.74, 6) is 0.470. The van der Waals surface area contributed by atoms with Crippen LogP contribution in [0.3, 0.4) is 0 Å². The van der Waals surface area contributed by atoms with E-state index in [1.807, 2.05) is 0 Å². The lowest BCUT2D eigenvalue weighted by atomic mass is 10.2. The third-order valence-corrected chi connectivity index (χ3v) is 3.23. The zero-order valence-electron chi connectivity index (χ0n) is 14.1. The number of amides is 1. The molecule has 0 saturated heterocycles. The van der Waals surface area contributed by atoms with Crippen molar-refractivity contribution in [2.24, 2.45) is 0 Å². The van der Waals surface area contributed by atoms with E-state index in [1.165, 1.54) is 4.90 Å². The van der Waals surface area contributed by atoms with Crippen LogP contribution in [0.5, 0.6) is 11.5 Å². The molecule has 0 bridgehead atoms. The van der Waals surface area contributed by atoms with Gasteiger partial charge >= 0.3 is 5.97 Å². The number of carbonyl (C=O) groups excluding carboxylic acids is 2. The van der Waals surface area contributed by atoms with Gasteiger partial charge in [0, 0.05) is 18.3 Å². The van der Waals surface area contributed by atoms with Crippen molar-refractivity contribution in [2.45, 2.75) is 6.92 Å². The third kappa shape index (κ3) is 5.46. The zero-order valence-corrected chi connectivity index (χ0v) is 14.1. The minimum Gasteiger partial charge on any atom is -0.465 e. The monoisotopic (exact) mass is 340 g/mol. The van der Waals surface area contributed by atoms with Gasteiger partial charge in [0.15, 0.2) is 0 Å². The molecule has 0 fully saturated rings. The molecule has 0 aliphatic heterocycles. The van der Waals surface area contributed by atoms with Crippen LogP contribution in [0.1, 0.15) is 17.3 Å². The molecule has 0 spiro atoms. The molecule has 0 atom stereocenters. The highest BCUT2D eigenvalue weighted by Crippen LogP contribution is 2.21. The molecule has 1 aromatic carbocycles. The number of nitrogens with zero attached hydrogens (tertiary/aromatic N) is 2. The summed E-state index contributed by atoms with van der Waals surface area (Å²) < 4.78 is 10.5. The first-order chi connectivity index (χ1) is 12.1. The Hall–Kier alpha value is -3.15. The van der Waals surface area contributed by atoms with Crippen LogP contribution in [-0.2, 0) is 9.53 Å². The van der Waals surface area contributed by atoms with Crippen molar-refractivity contribution in [1.29, 1.82) is 0 Å². The van der Waals surface area contributed by atoms with E-state index in [9.17, 15) is 9.59 Å². The summed E-state index contributed by atoms with van der Waals surface area (Å²) in [6, 6.07) is 10.2. The Labute approximate surface area is 146 Å². The molecule has 2 rings (SSSR count). The van der Waals surface area contributed by atoms with Crippen molar-refractivity contribution in [3.63, 3.8) is 0 Å². The number of benzene rings is 1.